The van der Waals surface area contributed by atoms with Gasteiger partial charge in [0.1, 0.15) is 0 Å². The van der Waals surface area contributed by atoms with E-state index in [2.05, 4.69) is 10.6 Å². The number of hydrogen-bond acceptors (Lipinski definition) is 1. The Labute approximate surface area is 54.8 Å². The zero-order valence-corrected chi connectivity index (χ0v) is 5.68. The van der Waals surface area contributed by atoms with Crippen molar-refractivity contribution < 1.29 is 10.1 Å². The van der Waals surface area contributed by atoms with Gasteiger partial charge in [-0.2, -0.15) is 0 Å². The maximum Gasteiger partial charge on any atom is 0.217 e. The summed E-state index contributed by atoms with van der Waals surface area (Å²) >= 11 is 0. The lowest BCUT2D eigenvalue weighted by Crippen LogP contribution is -2.82. The van der Waals surface area contributed by atoms with E-state index in [9.17, 15) is 4.79 Å². The molecule has 0 saturated carbocycles. The fourth-order valence-electron chi connectivity index (χ4n) is 1.17. The first-order chi connectivity index (χ1) is 4.29. The van der Waals surface area contributed by atoms with Crippen molar-refractivity contribution in [3.63, 3.8) is 0 Å². The van der Waals surface area contributed by atoms with Crippen LogP contribution < -0.4 is 10.6 Å². The lowest BCUT2D eigenvalue weighted by Gasteiger charge is -2.04. The van der Waals surface area contributed by atoms with Gasteiger partial charge >= 0.3 is 0 Å². The lowest BCUT2D eigenvalue weighted by atomic mass is 10.3. The van der Waals surface area contributed by atoms with Crippen LogP contribution in [-0.2, 0) is 4.79 Å². The van der Waals surface area contributed by atoms with E-state index in [1.165, 1.54) is 0 Å². The zero-order valence-electron chi connectivity index (χ0n) is 5.68. The van der Waals surface area contributed by atoms with Crippen molar-refractivity contribution in [2.24, 2.45) is 0 Å². The Morgan fingerprint density at radius 2 is 2.56 bits per heavy atom. The van der Waals surface area contributed by atoms with Crippen molar-refractivity contribution in [1.82, 2.24) is 5.32 Å². The first kappa shape index (κ1) is 6.55. The van der Waals surface area contributed by atoms with Gasteiger partial charge in [-0.15, -0.1) is 0 Å². The van der Waals surface area contributed by atoms with E-state index in [1.807, 2.05) is 0 Å². The number of hydrogen-bond donors (Lipinski definition) is 2. The summed E-state index contributed by atoms with van der Waals surface area (Å²) in [6.07, 6.45) is 1.12. The molecule has 3 nitrogen and oxygen atoms in total. The predicted octanol–water partition coefficient (Wildman–Crippen LogP) is -1.54. The Bertz CT molecular complexity index is 108. The summed E-state index contributed by atoms with van der Waals surface area (Å²) in [5, 5.41) is 5.09. The smallest absolute Gasteiger partial charge is 0.217 e. The maximum absolute atomic E-state index is 10.5. The highest BCUT2D eigenvalue weighted by molar-refractivity contribution is 5.73. The molecule has 0 aromatic rings. The summed E-state index contributed by atoms with van der Waals surface area (Å²) in [5.74, 6) is 0.0929. The first-order valence-electron chi connectivity index (χ1n) is 3.38. The van der Waals surface area contributed by atoms with Gasteiger partial charge in [0.15, 0.2) is 0 Å². The molecule has 1 saturated heterocycles. The van der Waals surface area contributed by atoms with Crippen LogP contribution in [0.15, 0.2) is 0 Å². The molecule has 0 aliphatic carbocycles. The molecular formula is C6H13N2O+. The van der Waals surface area contributed by atoms with Crippen molar-refractivity contribution in [3.05, 3.63) is 0 Å². The average Bonchev–Trinajstić information content (AvgIpc) is 2.15. The molecule has 0 radical (unpaired) electrons. The molecule has 1 fully saturated rings. The van der Waals surface area contributed by atoms with Crippen LogP contribution in [-0.4, -0.2) is 25.0 Å². The summed E-state index contributed by atoms with van der Waals surface area (Å²) in [6, 6.07) is 0.433. The number of quaternary nitrogens is 1. The molecule has 0 spiro atoms. The molecular weight excluding hydrogens is 116 g/mol. The third kappa shape index (κ3) is 2.01. The van der Waals surface area contributed by atoms with Crippen molar-refractivity contribution in [3.8, 4) is 0 Å². The van der Waals surface area contributed by atoms with Gasteiger partial charge in [-0.05, 0) is 0 Å². The molecule has 3 heteroatoms. The second-order valence-electron chi connectivity index (χ2n) is 2.50. The van der Waals surface area contributed by atoms with Gasteiger partial charge in [0, 0.05) is 13.3 Å². The molecule has 1 heterocycles. The third-order valence-electron chi connectivity index (χ3n) is 1.58. The van der Waals surface area contributed by atoms with Gasteiger partial charge in [0.05, 0.1) is 19.1 Å². The average molecular weight is 129 g/mol. The minimum atomic E-state index is 0.0929. The SMILES string of the molecule is CC(=O)N[C@H]1CC[NH2+]C1. The topological polar surface area (TPSA) is 45.7 Å². The highest BCUT2D eigenvalue weighted by Crippen LogP contribution is 1.89. The molecule has 1 amide bonds. The van der Waals surface area contributed by atoms with Crippen LogP contribution in [0.2, 0.25) is 0 Å². The van der Waals surface area contributed by atoms with E-state index in [-0.39, 0.29) is 5.91 Å². The van der Waals surface area contributed by atoms with E-state index < -0.39 is 0 Å². The van der Waals surface area contributed by atoms with Crippen molar-refractivity contribution in [2.45, 2.75) is 19.4 Å². The third-order valence-corrected chi connectivity index (χ3v) is 1.58. The summed E-state index contributed by atoms with van der Waals surface area (Å²) in [6.45, 7) is 3.78. The van der Waals surface area contributed by atoms with Crippen LogP contribution in [0.3, 0.4) is 0 Å². The Hall–Kier alpha value is -0.570. The number of carbonyl (C=O) groups is 1. The Morgan fingerprint density at radius 1 is 1.78 bits per heavy atom. The monoisotopic (exact) mass is 129 g/mol. The van der Waals surface area contributed by atoms with Crippen molar-refractivity contribution in [2.75, 3.05) is 13.1 Å². The van der Waals surface area contributed by atoms with E-state index in [0.717, 1.165) is 19.5 Å². The second kappa shape index (κ2) is 2.82. The second-order valence-corrected chi connectivity index (χ2v) is 2.50. The zero-order chi connectivity index (χ0) is 6.69. The van der Waals surface area contributed by atoms with Gasteiger partial charge in [0.25, 0.3) is 0 Å². The molecule has 52 valence electrons. The number of amides is 1. The molecule has 1 rings (SSSR count). The van der Waals surface area contributed by atoms with Gasteiger partial charge in [0.2, 0.25) is 5.91 Å². The lowest BCUT2D eigenvalue weighted by molar-refractivity contribution is -0.636. The van der Waals surface area contributed by atoms with Gasteiger partial charge in [-0.1, -0.05) is 0 Å². The van der Waals surface area contributed by atoms with Crippen molar-refractivity contribution >= 4 is 5.91 Å². The molecule has 1 atom stereocenters. The van der Waals surface area contributed by atoms with Crippen LogP contribution in [0, 0.1) is 0 Å². The van der Waals surface area contributed by atoms with Crippen molar-refractivity contribution in [1.29, 1.82) is 0 Å². The summed E-state index contributed by atoms with van der Waals surface area (Å²) in [7, 11) is 0. The Morgan fingerprint density at radius 3 is 3.00 bits per heavy atom. The van der Waals surface area contributed by atoms with Crippen LogP contribution in [0.4, 0.5) is 0 Å². The number of nitrogens with one attached hydrogen (secondary N) is 1. The minimum Gasteiger partial charge on any atom is -0.348 e. The molecule has 0 aromatic heterocycles. The van der Waals surface area contributed by atoms with Crippen LogP contribution in [0.25, 0.3) is 0 Å². The van der Waals surface area contributed by atoms with Gasteiger partial charge in [-0.3, -0.25) is 4.79 Å². The molecule has 3 N–H and O–H groups in total. The highest BCUT2D eigenvalue weighted by atomic mass is 16.1. The van der Waals surface area contributed by atoms with E-state index >= 15 is 0 Å². The number of rotatable bonds is 1. The standard InChI is InChI=1S/C6H12N2O/c1-5(9)8-6-2-3-7-4-6/h6-7H,2-4H2,1H3,(H,8,9)/p+1/t6-/m0/s1. The summed E-state index contributed by atoms with van der Waals surface area (Å²) < 4.78 is 0. The maximum atomic E-state index is 10.5. The number of carbonyl (C=O) groups excluding carboxylic acids is 1. The van der Waals surface area contributed by atoms with Gasteiger partial charge < -0.3 is 10.6 Å². The fourth-order valence-corrected chi connectivity index (χ4v) is 1.17. The highest BCUT2D eigenvalue weighted by Gasteiger charge is 2.17. The van der Waals surface area contributed by atoms with E-state index in [1.54, 1.807) is 6.92 Å². The molecule has 0 bridgehead atoms. The Kier molecular flexibility index (Phi) is 2.05. The summed E-state index contributed by atoms with van der Waals surface area (Å²) in [4.78, 5) is 10.5. The summed E-state index contributed by atoms with van der Waals surface area (Å²) in [5.41, 5.74) is 0. The quantitative estimate of drug-likeness (QED) is 0.443. The fraction of sp³-hybridized carbons (Fsp3) is 0.833. The first-order valence-corrected chi connectivity index (χ1v) is 3.38. The largest absolute Gasteiger partial charge is 0.348 e. The minimum absolute atomic E-state index is 0.0929. The predicted molar refractivity (Wildman–Crippen MR) is 33.9 cm³/mol. The van der Waals surface area contributed by atoms with Crippen LogP contribution in [0.1, 0.15) is 13.3 Å². The van der Waals surface area contributed by atoms with E-state index in [0.29, 0.717) is 6.04 Å². The number of nitrogens with two attached hydrogens (primary N) is 1. The van der Waals surface area contributed by atoms with Gasteiger partial charge in [-0.25, -0.2) is 0 Å². The molecule has 0 aromatic carbocycles. The van der Waals surface area contributed by atoms with E-state index in [4.69, 9.17) is 0 Å². The van der Waals surface area contributed by atoms with Crippen LogP contribution in [0.5, 0.6) is 0 Å². The van der Waals surface area contributed by atoms with Crippen LogP contribution >= 0.6 is 0 Å². The molecule has 9 heavy (non-hydrogen) atoms. The Balaban J connectivity index is 2.19. The molecule has 1 aliphatic rings. The molecule has 1 aliphatic heterocycles. The normalized spacial score (nSPS) is 26.1. The molecule has 0 unspecified atom stereocenters.